The summed E-state index contributed by atoms with van der Waals surface area (Å²) < 4.78 is 0. The van der Waals surface area contributed by atoms with E-state index in [2.05, 4.69) is 56.4 Å². The molecule has 74 valence electrons. The van der Waals surface area contributed by atoms with Crippen molar-refractivity contribution in [3.8, 4) is 0 Å². The fourth-order valence-corrected chi connectivity index (χ4v) is 2.98. The second-order valence-corrected chi connectivity index (χ2v) is 4.97. The van der Waals surface area contributed by atoms with Crippen molar-refractivity contribution in [1.82, 2.24) is 0 Å². The molecule has 0 spiro atoms. The van der Waals surface area contributed by atoms with Gasteiger partial charge in [0.1, 0.15) is 0 Å². The molecule has 15 heavy (non-hydrogen) atoms. The van der Waals surface area contributed by atoms with Gasteiger partial charge in [0.2, 0.25) is 0 Å². The molecule has 0 nitrogen and oxygen atoms in total. The van der Waals surface area contributed by atoms with Crippen molar-refractivity contribution in [3.05, 3.63) is 59.7 Å². The van der Waals surface area contributed by atoms with Crippen molar-refractivity contribution in [3.63, 3.8) is 0 Å². The van der Waals surface area contributed by atoms with E-state index in [0.29, 0.717) is 11.8 Å². The maximum atomic E-state index is 3.29. The molecular formula is C15H14. The van der Waals surface area contributed by atoms with Crippen LogP contribution in [0.1, 0.15) is 30.9 Å². The van der Waals surface area contributed by atoms with Crippen molar-refractivity contribution in [2.45, 2.75) is 25.2 Å². The molecule has 2 aliphatic carbocycles. The van der Waals surface area contributed by atoms with E-state index in [1.165, 1.54) is 11.1 Å². The van der Waals surface area contributed by atoms with Crippen molar-refractivity contribution in [2.24, 2.45) is 5.92 Å². The van der Waals surface area contributed by atoms with Crippen LogP contribution >= 0.6 is 0 Å². The Morgan fingerprint density at radius 1 is 1.20 bits per heavy atom. The standard InChI is InChI=1S/C15H14/c1-15(2)13-9-5-3-7-11(13)12-8-4-6-10-14(12)15/h3,5-7,9-11,13H,1-2H3. The van der Waals surface area contributed by atoms with Gasteiger partial charge in [0.25, 0.3) is 0 Å². The first-order valence-corrected chi connectivity index (χ1v) is 5.49. The van der Waals surface area contributed by atoms with Crippen molar-refractivity contribution < 1.29 is 0 Å². The van der Waals surface area contributed by atoms with E-state index in [4.69, 9.17) is 0 Å². The topological polar surface area (TPSA) is 0 Å². The monoisotopic (exact) mass is 194 g/mol. The minimum absolute atomic E-state index is 0.229. The average Bonchev–Trinajstić information content (AvgIpc) is 2.51. The first kappa shape index (κ1) is 8.80. The Labute approximate surface area is 91.3 Å². The predicted molar refractivity (Wildman–Crippen MR) is 61.7 cm³/mol. The Bertz CT molecular complexity index is 449. The van der Waals surface area contributed by atoms with Gasteiger partial charge in [-0.2, -0.15) is 0 Å². The fourth-order valence-electron chi connectivity index (χ4n) is 2.98. The molecule has 0 saturated heterocycles. The maximum Gasteiger partial charge on any atom is 0.0175 e. The van der Waals surface area contributed by atoms with Crippen molar-refractivity contribution in [2.75, 3.05) is 0 Å². The molecular weight excluding hydrogens is 180 g/mol. The van der Waals surface area contributed by atoms with Crippen LogP contribution in [-0.2, 0) is 5.41 Å². The van der Waals surface area contributed by atoms with Crippen LogP contribution in [0.25, 0.3) is 0 Å². The number of rotatable bonds is 0. The molecule has 2 unspecified atom stereocenters. The third kappa shape index (κ3) is 1.04. The third-order valence-corrected chi connectivity index (χ3v) is 3.83. The lowest BCUT2D eigenvalue weighted by Gasteiger charge is -2.29. The summed E-state index contributed by atoms with van der Waals surface area (Å²) in [5.41, 5.74) is 3.01. The molecule has 0 radical (unpaired) electrons. The Balaban J connectivity index is 2.23. The van der Waals surface area contributed by atoms with E-state index in [1.54, 1.807) is 0 Å². The molecule has 1 aromatic rings. The van der Waals surface area contributed by atoms with E-state index in [0.717, 1.165) is 0 Å². The van der Waals surface area contributed by atoms with Crippen LogP contribution in [0.3, 0.4) is 0 Å². The van der Waals surface area contributed by atoms with E-state index in [1.807, 2.05) is 6.07 Å². The molecule has 0 heterocycles. The Morgan fingerprint density at radius 3 is 2.87 bits per heavy atom. The fraction of sp³-hybridized carbons (Fsp3) is 0.333. The zero-order valence-electron chi connectivity index (χ0n) is 9.12. The molecule has 0 amide bonds. The molecule has 2 aliphatic rings. The molecule has 0 saturated carbocycles. The summed E-state index contributed by atoms with van der Waals surface area (Å²) in [4.78, 5) is 0. The number of hydrogen-bond donors (Lipinski definition) is 0. The molecule has 2 atom stereocenters. The van der Waals surface area contributed by atoms with Gasteiger partial charge in [-0.25, -0.2) is 0 Å². The maximum absolute atomic E-state index is 3.29. The highest BCUT2D eigenvalue weighted by Crippen LogP contribution is 2.51. The summed E-state index contributed by atoms with van der Waals surface area (Å²) in [5, 5.41) is 0. The highest BCUT2D eigenvalue weighted by atomic mass is 14.5. The highest BCUT2D eigenvalue weighted by molar-refractivity contribution is 5.47. The zero-order valence-corrected chi connectivity index (χ0v) is 9.12. The third-order valence-electron chi connectivity index (χ3n) is 3.83. The van der Waals surface area contributed by atoms with Crippen LogP contribution in [0.5, 0.6) is 0 Å². The van der Waals surface area contributed by atoms with Crippen molar-refractivity contribution in [1.29, 1.82) is 0 Å². The number of fused-ring (bicyclic) bond motifs is 3. The van der Waals surface area contributed by atoms with E-state index in [9.17, 15) is 0 Å². The first-order chi connectivity index (χ1) is 7.21. The molecule has 0 N–H and O–H groups in total. The van der Waals surface area contributed by atoms with Gasteiger partial charge in [-0.05, 0) is 29.0 Å². The summed E-state index contributed by atoms with van der Waals surface area (Å²) in [5.74, 6) is 1.10. The Hall–Kier alpha value is -1.48. The predicted octanol–water partition coefficient (Wildman–Crippen LogP) is 3.40. The number of allylic oxidation sites excluding steroid dienone is 4. The lowest BCUT2D eigenvalue weighted by atomic mass is 9.74. The molecule has 0 aromatic heterocycles. The lowest BCUT2D eigenvalue weighted by molar-refractivity contribution is 0.394. The summed E-state index contributed by atoms with van der Waals surface area (Å²) >= 11 is 0. The lowest BCUT2D eigenvalue weighted by Crippen LogP contribution is -2.24. The van der Waals surface area contributed by atoms with Gasteiger partial charge in [-0.3, -0.25) is 0 Å². The Kier molecular flexibility index (Phi) is 1.62. The largest absolute Gasteiger partial charge is 0.0796 e. The highest BCUT2D eigenvalue weighted by Gasteiger charge is 2.44. The zero-order chi connectivity index (χ0) is 10.5. The van der Waals surface area contributed by atoms with Gasteiger partial charge >= 0.3 is 0 Å². The SMILES string of the molecule is CC1(C)c2ccc#cc2C2C=CC=CC21. The summed E-state index contributed by atoms with van der Waals surface area (Å²) in [6.45, 7) is 4.65. The van der Waals surface area contributed by atoms with Crippen LogP contribution in [0.2, 0.25) is 0 Å². The van der Waals surface area contributed by atoms with Crippen LogP contribution in [-0.4, -0.2) is 0 Å². The van der Waals surface area contributed by atoms with Gasteiger partial charge in [-0.1, -0.05) is 50.3 Å². The Morgan fingerprint density at radius 2 is 2.00 bits per heavy atom. The summed E-state index contributed by atoms with van der Waals surface area (Å²) in [6, 6.07) is 10.6. The number of hydrogen-bond acceptors (Lipinski definition) is 0. The molecule has 3 rings (SSSR count). The van der Waals surface area contributed by atoms with Gasteiger partial charge in [-0.15, -0.1) is 0 Å². The second-order valence-electron chi connectivity index (χ2n) is 4.97. The molecule has 1 aromatic carbocycles. The smallest absolute Gasteiger partial charge is 0.0175 e. The second kappa shape index (κ2) is 2.76. The van der Waals surface area contributed by atoms with E-state index < -0.39 is 0 Å². The average molecular weight is 194 g/mol. The first-order valence-electron chi connectivity index (χ1n) is 5.49. The van der Waals surface area contributed by atoms with Crippen LogP contribution in [0.4, 0.5) is 0 Å². The molecule has 0 heteroatoms. The molecule has 0 bridgehead atoms. The van der Waals surface area contributed by atoms with E-state index >= 15 is 0 Å². The minimum Gasteiger partial charge on any atom is -0.0796 e. The van der Waals surface area contributed by atoms with Crippen LogP contribution in [0, 0.1) is 18.1 Å². The van der Waals surface area contributed by atoms with Gasteiger partial charge in [0.15, 0.2) is 0 Å². The van der Waals surface area contributed by atoms with Crippen LogP contribution in [0.15, 0.2) is 36.4 Å². The van der Waals surface area contributed by atoms with Gasteiger partial charge < -0.3 is 0 Å². The summed E-state index contributed by atoms with van der Waals surface area (Å²) in [7, 11) is 0. The van der Waals surface area contributed by atoms with E-state index in [-0.39, 0.29) is 5.41 Å². The normalized spacial score (nSPS) is 29.5. The minimum atomic E-state index is 0.229. The summed E-state index contributed by atoms with van der Waals surface area (Å²) in [6.07, 6.45) is 8.94. The van der Waals surface area contributed by atoms with Crippen LogP contribution < -0.4 is 0 Å². The molecule has 0 fully saturated rings. The van der Waals surface area contributed by atoms with Gasteiger partial charge in [0.05, 0.1) is 0 Å². The van der Waals surface area contributed by atoms with Gasteiger partial charge in [0, 0.05) is 11.5 Å². The molecule has 0 aliphatic heterocycles. The quantitative estimate of drug-likeness (QED) is 0.593. The van der Waals surface area contributed by atoms with Crippen molar-refractivity contribution >= 4 is 0 Å².